The van der Waals surface area contributed by atoms with E-state index in [2.05, 4.69) is 0 Å². The summed E-state index contributed by atoms with van der Waals surface area (Å²) in [4.78, 5) is 13.3. The summed E-state index contributed by atoms with van der Waals surface area (Å²) in [7, 11) is 5.32. The van der Waals surface area contributed by atoms with Gasteiger partial charge >= 0.3 is 0 Å². The number of benzene rings is 10. The molecule has 108 heavy (non-hydrogen) atoms. The second kappa shape index (κ2) is 37.6. The van der Waals surface area contributed by atoms with E-state index in [0.717, 1.165) is 33.4 Å². The van der Waals surface area contributed by atoms with Gasteiger partial charge in [-0.1, -0.05) is 229 Å². The van der Waals surface area contributed by atoms with Crippen molar-refractivity contribution < 1.29 is 94.5 Å². The third kappa shape index (κ3) is 18.1. The molecule has 0 amide bonds. The van der Waals surface area contributed by atoms with E-state index in [1.165, 1.54) is 52.7 Å². The van der Waals surface area contributed by atoms with Gasteiger partial charge in [-0.2, -0.15) is 8.78 Å². The summed E-state index contributed by atoms with van der Waals surface area (Å²) in [6.07, 6.45) is -6.43. The minimum atomic E-state index is -2.04. The van der Waals surface area contributed by atoms with Crippen LogP contribution in [0, 0.1) is 23.3 Å². The van der Waals surface area contributed by atoms with Crippen molar-refractivity contribution in [3.8, 4) is 11.5 Å². The van der Waals surface area contributed by atoms with E-state index in [-0.39, 0.29) is 85.2 Å². The third-order valence-electron chi connectivity index (χ3n) is 19.2. The van der Waals surface area contributed by atoms with Crippen molar-refractivity contribution >= 4 is 29.5 Å². The average Bonchev–Trinajstić information content (AvgIpc) is 0.723. The fourth-order valence-corrected chi connectivity index (χ4v) is 13.9. The molecule has 16 nitrogen and oxygen atoms in total. The Morgan fingerprint density at radius 3 is 1.00 bits per heavy atom. The predicted octanol–water partition coefficient (Wildman–Crippen LogP) is 15.3. The first-order valence-electron chi connectivity index (χ1n) is 34.9. The van der Waals surface area contributed by atoms with Crippen molar-refractivity contribution in [2.45, 2.75) is 112 Å². The molecule has 2 aliphatic heterocycles. The van der Waals surface area contributed by atoms with E-state index >= 15 is 8.78 Å². The largest absolute Gasteiger partial charge is 0.494 e. The number of aliphatic hydroxyl groups is 3. The molecule has 0 radical (unpaired) electrons. The fraction of sp³-hybridized carbons (Fsp3) is 0.291. The number of methoxy groups -OCH3 is 4. The molecule has 0 bridgehead atoms. The number of halogens is 6. The SMILES string of the molecule is COc1ccc(Cc2cc([C@]3(OC)OC(CO)(CO)[C@@H](OCc4ccccc4)[C@H](OCc4ccccc4)[C@H]3OCc3ccccc3)ccc2Cl)c(F)c1F.COc1ccc(Cc2cc([C@]3(OC)O[C@@](C=O)(CO)[C@@H](OCc4ccccc4)[C@H](OCc4ccccc4)[C@H]3OCc3ccccc3)ccc2Cl)c(F)c1F. The van der Waals surface area contributed by atoms with Crippen LogP contribution in [0.3, 0.4) is 0 Å². The summed E-state index contributed by atoms with van der Waals surface area (Å²) < 4.78 is 136. The lowest BCUT2D eigenvalue weighted by molar-refractivity contribution is -0.417. The standard InChI is InChI=1S/C43H43ClF2O8.C43H41ClF2O8/c2*1-49-36-21-18-32(37(45)38(36)46)22-33-23-34(19-20-35(33)44)43(50-2)41(53-26-31-16-10-5-11-17-31)39(51-24-29-12-6-3-7-13-29)40(42(27-47,28-48)54-43)52-25-30-14-8-4-9-15-30/h3-21,23,39-41,47-48H,22,24-28H2,1-2H3;3-21,23,27,39-41,48H,22,24-26,28H2,1-2H3/t39-,40-,41+,43-;39-,40-,41+,42-,43-/m00/s1. The first-order valence-corrected chi connectivity index (χ1v) is 35.6. The summed E-state index contributed by atoms with van der Waals surface area (Å²) >= 11 is 13.4. The van der Waals surface area contributed by atoms with Crippen LogP contribution in [0.2, 0.25) is 10.0 Å². The third-order valence-corrected chi connectivity index (χ3v) is 20.0. The molecule has 3 N–H and O–H groups in total. The molecule has 2 aliphatic rings. The first kappa shape index (κ1) is 80.3. The van der Waals surface area contributed by atoms with Crippen LogP contribution < -0.4 is 9.47 Å². The molecule has 566 valence electrons. The number of hydrogen-bond acceptors (Lipinski definition) is 16. The zero-order chi connectivity index (χ0) is 76.3. The van der Waals surface area contributed by atoms with Crippen molar-refractivity contribution in [2.24, 2.45) is 0 Å². The Morgan fingerprint density at radius 2 is 0.685 bits per heavy atom. The maximum atomic E-state index is 15.2. The van der Waals surface area contributed by atoms with Crippen molar-refractivity contribution in [3.05, 3.63) is 343 Å². The summed E-state index contributed by atoms with van der Waals surface area (Å²) in [5, 5.41) is 33.9. The fourth-order valence-electron chi connectivity index (χ4n) is 13.5. The normalized spacial score (nSPS) is 21.7. The van der Waals surface area contributed by atoms with Crippen molar-refractivity contribution in [2.75, 3.05) is 48.3 Å². The van der Waals surface area contributed by atoms with Gasteiger partial charge in [-0.05, 0) is 92.0 Å². The Hall–Kier alpha value is -8.75. The molecule has 12 rings (SSSR count). The van der Waals surface area contributed by atoms with E-state index in [1.54, 1.807) is 36.4 Å². The summed E-state index contributed by atoms with van der Waals surface area (Å²) in [5.41, 5.74) is 2.73. The minimum absolute atomic E-state index is 0.0244. The molecular formula is C86H84Cl2F4O16. The minimum Gasteiger partial charge on any atom is -0.494 e. The second-order valence-corrected chi connectivity index (χ2v) is 26.8. The highest BCUT2D eigenvalue weighted by Crippen LogP contribution is 2.51. The molecule has 0 aliphatic carbocycles. The van der Waals surface area contributed by atoms with E-state index < -0.39 is 102 Å². The highest BCUT2D eigenvalue weighted by Gasteiger charge is 2.66. The van der Waals surface area contributed by atoms with Crippen LogP contribution in [0.4, 0.5) is 17.6 Å². The number of carbonyl (C=O) groups excluding carboxylic acids is 1. The maximum absolute atomic E-state index is 15.2. The highest BCUT2D eigenvalue weighted by molar-refractivity contribution is 6.31. The lowest BCUT2D eigenvalue weighted by Gasteiger charge is -2.56. The summed E-state index contributed by atoms with van der Waals surface area (Å²) in [6.45, 7) is -1.69. The topological polar surface area (TPSA) is 189 Å². The predicted molar refractivity (Wildman–Crippen MR) is 397 cm³/mol. The number of rotatable bonds is 32. The maximum Gasteiger partial charge on any atom is 0.225 e. The molecule has 0 saturated carbocycles. The Kier molecular flexibility index (Phi) is 27.9. The average molecular weight is 1520 g/mol. The molecule has 10 aromatic rings. The molecule has 0 spiro atoms. The van der Waals surface area contributed by atoms with Crippen LogP contribution in [-0.4, -0.2) is 118 Å². The Bertz CT molecular complexity index is 4510. The van der Waals surface area contributed by atoms with E-state index in [0.29, 0.717) is 28.5 Å². The van der Waals surface area contributed by atoms with E-state index in [1.807, 2.05) is 182 Å². The van der Waals surface area contributed by atoms with E-state index in [9.17, 15) is 28.9 Å². The summed E-state index contributed by atoms with van der Waals surface area (Å²) in [6, 6.07) is 72.0. The Morgan fingerprint density at radius 1 is 0.370 bits per heavy atom. The van der Waals surface area contributed by atoms with Gasteiger partial charge in [0.15, 0.2) is 35.0 Å². The molecular weight excluding hydrogens is 1440 g/mol. The second-order valence-electron chi connectivity index (χ2n) is 26.0. The number of hydrogen-bond donors (Lipinski definition) is 3. The first-order chi connectivity index (χ1) is 52.5. The molecule has 0 unspecified atom stereocenters. The lowest BCUT2D eigenvalue weighted by Crippen LogP contribution is -2.72. The van der Waals surface area contributed by atoms with E-state index in [4.69, 9.17) is 80.0 Å². The molecule has 10 aromatic carbocycles. The van der Waals surface area contributed by atoms with Gasteiger partial charge in [-0.25, -0.2) is 8.78 Å². The molecule has 2 saturated heterocycles. The van der Waals surface area contributed by atoms with Crippen molar-refractivity contribution in [1.82, 2.24) is 0 Å². The van der Waals surface area contributed by atoms with Crippen LogP contribution in [0.25, 0.3) is 0 Å². The van der Waals surface area contributed by atoms with Crippen LogP contribution in [-0.2, 0) is 116 Å². The van der Waals surface area contributed by atoms with Gasteiger partial charge < -0.3 is 72.2 Å². The van der Waals surface area contributed by atoms with Crippen LogP contribution in [0.15, 0.2) is 243 Å². The van der Waals surface area contributed by atoms with Crippen molar-refractivity contribution in [1.29, 1.82) is 0 Å². The highest BCUT2D eigenvalue weighted by atomic mass is 35.5. The monoisotopic (exact) mass is 1520 g/mol. The molecule has 0 aromatic heterocycles. The van der Waals surface area contributed by atoms with Gasteiger partial charge in [-0.15, -0.1) is 0 Å². The molecule has 2 heterocycles. The van der Waals surface area contributed by atoms with Crippen LogP contribution in [0.5, 0.6) is 11.5 Å². The number of aldehydes is 1. The molecule has 9 atom stereocenters. The molecule has 22 heteroatoms. The van der Waals surface area contributed by atoms with Gasteiger partial charge in [0.2, 0.25) is 23.2 Å². The Labute approximate surface area is 635 Å². The van der Waals surface area contributed by atoms with Gasteiger partial charge in [0, 0.05) is 48.2 Å². The van der Waals surface area contributed by atoms with Crippen molar-refractivity contribution in [3.63, 3.8) is 0 Å². The van der Waals surface area contributed by atoms with Gasteiger partial charge in [0.05, 0.1) is 73.7 Å². The lowest BCUT2D eigenvalue weighted by atomic mass is 9.80. The summed E-state index contributed by atoms with van der Waals surface area (Å²) in [5.74, 6) is -8.67. The van der Waals surface area contributed by atoms with Crippen LogP contribution >= 0.6 is 23.2 Å². The smallest absolute Gasteiger partial charge is 0.225 e. The zero-order valence-corrected chi connectivity index (χ0v) is 61.3. The van der Waals surface area contributed by atoms with Crippen LogP contribution in [0.1, 0.15) is 66.8 Å². The number of aliphatic hydroxyl groups excluding tert-OH is 3. The number of carbonyl (C=O) groups is 1. The van der Waals surface area contributed by atoms with Gasteiger partial charge in [0.25, 0.3) is 0 Å². The Balaban J connectivity index is 0.000000215. The number of ether oxygens (including phenoxy) is 12. The quantitative estimate of drug-likeness (QED) is 0.0266. The van der Waals surface area contributed by atoms with Gasteiger partial charge in [0.1, 0.15) is 42.2 Å². The van der Waals surface area contributed by atoms with Gasteiger partial charge in [-0.3, -0.25) is 4.79 Å². The molecule has 2 fully saturated rings. The zero-order valence-electron chi connectivity index (χ0n) is 59.8.